The van der Waals surface area contributed by atoms with E-state index in [0.717, 1.165) is 10.7 Å². The number of rotatable bonds is 4. The van der Waals surface area contributed by atoms with Gasteiger partial charge in [0.1, 0.15) is 5.01 Å². The van der Waals surface area contributed by atoms with Crippen molar-refractivity contribution in [2.24, 2.45) is 0 Å². The molecular formula is C13H16N4OS. The molecule has 2 rings (SSSR count). The molecule has 0 radical (unpaired) electrons. The zero-order valence-electron chi connectivity index (χ0n) is 11.1. The van der Waals surface area contributed by atoms with Gasteiger partial charge in [0.05, 0.1) is 23.5 Å². The molecule has 1 unspecified atom stereocenters. The van der Waals surface area contributed by atoms with Crippen molar-refractivity contribution in [3.05, 3.63) is 40.1 Å². The van der Waals surface area contributed by atoms with E-state index >= 15 is 0 Å². The average molecular weight is 276 g/mol. The molecular weight excluding hydrogens is 260 g/mol. The van der Waals surface area contributed by atoms with Crippen LogP contribution in [0, 0.1) is 6.92 Å². The molecule has 2 aromatic heterocycles. The number of aryl methyl sites for hydroxylation is 1. The van der Waals surface area contributed by atoms with E-state index < -0.39 is 0 Å². The molecule has 100 valence electrons. The fourth-order valence-electron chi connectivity index (χ4n) is 1.70. The maximum atomic E-state index is 12.2. The Hall–Kier alpha value is -1.95. The van der Waals surface area contributed by atoms with Gasteiger partial charge in [0.15, 0.2) is 0 Å². The largest absolute Gasteiger partial charge is 0.386 e. The van der Waals surface area contributed by atoms with Gasteiger partial charge >= 0.3 is 0 Å². The zero-order valence-corrected chi connectivity index (χ0v) is 11.9. The van der Waals surface area contributed by atoms with Crippen LogP contribution < -0.4 is 10.6 Å². The van der Waals surface area contributed by atoms with Crippen molar-refractivity contribution in [1.82, 2.24) is 15.3 Å². The van der Waals surface area contributed by atoms with Gasteiger partial charge < -0.3 is 10.6 Å². The molecule has 1 amide bonds. The summed E-state index contributed by atoms with van der Waals surface area (Å²) >= 11 is 1.55. The molecule has 2 heterocycles. The number of aromatic nitrogens is 2. The number of pyridine rings is 1. The fraction of sp³-hybridized carbons (Fsp3) is 0.308. The van der Waals surface area contributed by atoms with Crippen molar-refractivity contribution in [3.63, 3.8) is 0 Å². The Labute approximate surface area is 116 Å². The monoisotopic (exact) mass is 276 g/mol. The Morgan fingerprint density at radius 2 is 2.26 bits per heavy atom. The highest BCUT2D eigenvalue weighted by atomic mass is 32.1. The van der Waals surface area contributed by atoms with Crippen LogP contribution in [0.1, 0.15) is 34.0 Å². The molecule has 6 heteroatoms. The van der Waals surface area contributed by atoms with Gasteiger partial charge in [-0.3, -0.25) is 9.78 Å². The predicted molar refractivity (Wildman–Crippen MR) is 76.5 cm³/mol. The van der Waals surface area contributed by atoms with Crippen molar-refractivity contribution in [2.75, 3.05) is 12.4 Å². The quantitative estimate of drug-likeness (QED) is 0.899. The first-order valence-electron chi connectivity index (χ1n) is 5.96. The number of amides is 1. The number of nitrogens with zero attached hydrogens (tertiary/aromatic N) is 2. The first kappa shape index (κ1) is 13.5. The SMILES string of the molecule is CNc1cnccc1C(=O)NC(C)c1nc(C)cs1. The third-order valence-corrected chi connectivity index (χ3v) is 3.84. The standard InChI is InChI=1S/C13H16N4OS/c1-8-7-19-13(16-8)9(2)17-12(18)10-4-5-15-6-11(10)14-3/h4-7,9,14H,1-3H3,(H,17,18). The molecule has 0 bridgehead atoms. The summed E-state index contributed by atoms with van der Waals surface area (Å²) in [6.45, 7) is 3.87. The number of nitrogens with one attached hydrogen (secondary N) is 2. The van der Waals surface area contributed by atoms with Gasteiger partial charge in [-0.2, -0.15) is 0 Å². The van der Waals surface area contributed by atoms with Crippen LogP contribution in [0.25, 0.3) is 0 Å². The van der Waals surface area contributed by atoms with E-state index in [9.17, 15) is 4.79 Å². The van der Waals surface area contributed by atoms with Gasteiger partial charge in [-0.15, -0.1) is 11.3 Å². The van der Waals surface area contributed by atoms with E-state index in [0.29, 0.717) is 11.3 Å². The summed E-state index contributed by atoms with van der Waals surface area (Å²) in [5.41, 5.74) is 2.26. The molecule has 1 atom stereocenters. The van der Waals surface area contributed by atoms with Gasteiger partial charge in [0.2, 0.25) is 0 Å². The Kier molecular flexibility index (Phi) is 4.11. The predicted octanol–water partition coefficient (Wildman–Crippen LogP) is 2.38. The Bertz CT molecular complexity index is 582. The number of hydrogen-bond acceptors (Lipinski definition) is 5. The molecule has 0 aliphatic rings. The first-order valence-corrected chi connectivity index (χ1v) is 6.84. The molecule has 2 aromatic rings. The third kappa shape index (κ3) is 3.08. The lowest BCUT2D eigenvalue weighted by Gasteiger charge is -2.13. The van der Waals surface area contributed by atoms with Gasteiger partial charge in [0, 0.05) is 24.3 Å². The summed E-state index contributed by atoms with van der Waals surface area (Å²) < 4.78 is 0. The summed E-state index contributed by atoms with van der Waals surface area (Å²) in [5, 5.41) is 8.78. The van der Waals surface area contributed by atoms with Gasteiger partial charge in [-0.05, 0) is 19.9 Å². The molecule has 0 aliphatic heterocycles. The van der Waals surface area contributed by atoms with Crippen molar-refractivity contribution in [2.45, 2.75) is 19.9 Å². The summed E-state index contributed by atoms with van der Waals surface area (Å²) in [4.78, 5) is 20.6. The molecule has 0 aromatic carbocycles. The number of anilines is 1. The Morgan fingerprint density at radius 3 is 2.89 bits per heavy atom. The number of thiazole rings is 1. The lowest BCUT2D eigenvalue weighted by Crippen LogP contribution is -2.27. The maximum absolute atomic E-state index is 12.2. The van der Waals surface area contributed by atoms with Crippen LogP contribution in [-0.2, 0) is 0 Å². The highest BCUT2D eigenvalue weighted by Crippen LogP contribution is 2.19. The van der Waals surface area contributed by atoms with Gasteiger partial charge in [0.25, 0.3) is 5.91 Å². The Morgan fingerprint density at radius 1 is 1.47 bits per heavy atom. The normalized spacial score (nSPS) is 11.9. The van der Waals surface area contributed by atoms with E-state index in [-0.39, 0.29) is 11.9 Å². The molecule has 0 spiro atoms. The molecule has 0 fully saturated rings. The van der Waals surface area contributed by atoms with Gasteiger partial charge in [-0.1, -0.05) is 0 Å². The number of hydrogen-bond donors (Lipinski definition) is 2. The van der Waals surface area contributed by atoms with E-state index in [4.69, 9.17) is 0 Å². The topological polar surface area (TPSA) is 66.9 Å². The second-order valence-electron chi connectivity index (χ2n) is 4.19. The van der Waals surface area contributed by atoms with Crippen molar-refractivity contribution < 1.29 is 4.79 Å². The average Bonchev–Trinajstić information content (AvgIpc) is 2.85. The summed E-state index contributed by atoms with van der Waals surface area (Å²) in [6, 6.07) is 1.59. The van der Waals surface area contributed by atoms with Crippen molar-refractivity contribution in [3.8, 4) is 0 Å². The maximum Gasteiger partial charge on any atom is 0.254 e. The minimum atomic E-state index is -0.132. The smallest absolute Gasteiger partial charge is 0.254 e. The van der Waals surface area contributed by atoms with Crippen LogP contribution in [0.2, 0.25) is 0 Å². The third-order valence-electron chi connectivity index (χ3n) is 2.69. The molecule has 5 nitrogen and oxygen atoms in total. The fourth-order valence-corrected chi connectivity index (χ4v) is 2.50. The second kappa shape index (κ2) is 5.79. The van der Waals surface area contributed by atoms with Crippen LogP contribution in [-0.4, -0.2) is 22.9 Å². The molecule has 0 saturated carbocycles. The van der Waals surface area contributed by atoms with E-state index in [2.05, 4.69) is 20.6 Å². The van der Waals surface area contributed by atoms with E-state index in [1.54, 1.807) is 36.8 Å². The minimum absolute atomic E-state index is 0.107. The summed E-state index contributed by atoms with van der Waals surface area (Å²) in [6.07, 6.45) is 3.24. The van der Waals surface area contributed by atoms with Gasteiger partial charge in [-0.25, -0.2) is 4.98 Å². The minimum Gasteiger partial charge on any atom is -0.386 e. The second-order valence-corrected chi connectivity index (χ2v) is 5.08. The molecule has 0 saturated heterocycles. The lowest BCUT2D eigenvalue weighted by atomic mass is 10.2. The molecule has 0 aliphatic carbocycles. The highest BCUT2D eigenvalue weighted by Gasteiger charge is 2.16. The lowest BCUT2D eigenvalue weighted by molar-refractivity contribution is 0.0940. The summed E-state index contributed by atoms with van der Waals surface area (Å²) in [5.74, 6) is -0.132. The molecule has 2 N–H and O–H groups in total. The Balaban J connectivity index is 2.12. The van der Waals surface area contributed by atoms with E-state index in [1.165, 1.54) is 0 Å². The zero-order chi connectivity index (χ0) is 13.8. The van der Waals surface area contributed by atoms with Crippen LogP contribution in [0.15, 0.2) is 23.8 Å². The van der Waals surface area contributed by atoms with Crippen molar-refractivity contribution in [1.29, 1.82) is 0 Å². The van der Waals surface area contributed by atoms with Crippen LogP contribution >= 0.6 is 11.3 Å². The van der Waals surface area contributed by atoms with Crippen LogP contribution in [0.5, 0.6) is 0 Å². The van der Waals surface area contributed by atoms with Crippen molar-refractivity contribution >= 4 is 22.9 Å². The van der Waals surface area contributed by atoms with Crippen LogP contribution in [0.4, 0.5) is 5.69 Å². The number of carbonyl (C=O) groups is 1. The van der Waals surface area contributed by atoms with Crippen LogP contribution in [0.3, 0.4) is 0 Å². The molecule has 19 heavy (non-hydrogen) atoms. The first-order chi connectivity index (χ1) is 9.11. The van der Waals surface area contributed by atoms with E-state index in [1.807, 2.05) is 19.2 Å². The number of carbonyl (C=O) groups excluding carboxylic acids is 1. The highest BCUT2D eigenvalue weighted by molar-refractivity contribution is 7.09. The summed E-state index contributed by atoms with van der Waals surface area (Å²) in [7, 11) is 1.77.